The van der Waals surface area contributed by atoms with E-state index in [1.165, 1.54) is 16.8 Å². The third kappa shape index (κ3) is 3.27. The van der Waals surface area contributed by atoms with Crippen LogP contribution >= 0.6 is 0 Å². The summed E-state index contributed by atoms with van der Waals surface area (Å²) in [7, 11) is 0. The third-order valence-corrected chi connectivity index (χ3v) is 3.81. The molecule has 2 atom stereocenters. The van der Waals surface area contributed by atoms with Crippen LogP contribution in [0, 0.1) is 31.1 Å². The van der Waals surface area contributed by atoms with Gasteiger partial charge in [0.05, 0.1) is 18.5 Å². The Morgan fingerprint density at radius 3 is 2.84 bits per heavy atom. The Morgan fingerprint density at radius 1 is 1.37 bits per heavy atom. The molecule has 1 heterocycles. The van der Waals surface area contributed by atoms with Crippen LogP contribution in [0.25, 0.3) is 0 Å². The zero-order valence-electron chi connectivity index (χ0n) is 12.1. The topological polar surface area (TPSA) is 39.1 Å². The SMILES string of the molecule is Cc1ccc(N2CC(C)CNCC2CC#N)c(C)c1. The van der Waals surface area contributed by atoms with E-state index >= 15 is 0 Å². The van der Waals surface area contributed by atoms with Gasteiger partial charge in [0.2, 0.25) is 0 Å². The van der Waals surface area contributed by atoms with E-state index in [4.69, 9.17) is 5.26 Å². The van der Waals surface area contributed by atoms with Crippen LogP contribution in [0.2, 0.25) is 0 Å². The van der Waals surface area contributed by atoms with E-state index in [0.29, 0.717) is 12.3 Å². The average molecular weight is 257 g/mol. The van der Waals surface area contributed by atoms with Crippen LogP contribution in [0.3, 0.4) is 0 Å². The van der Waals surface area contributed by atoms with E-state index in [2.05, 4.69) is 55.3 Å². The number of benzene rings is 1. The summed E-state index contributed by atoms with van der Waals surface area (Å²) in [4.78, 5) is 2.42. The summed E-state index contributed by atoms with van der Waals surface area (Å²) in [6.07, 6.45) is 0.576. The van der Waals surface area contributed by atoms with Crippen molar-refractivity contribution in [2.45, 2.75) is 33.2 Å². The first-order chi connectivity index (χ1) is 9.11. The standard InChI is InChI=1S/C16H23N3/c1-12-4-5-16(14(3)8-12)19-11-13(2)9-18-10-15(19)6-7-17/h4-5,8,13,15,18H,6,9-11H2,1-3H3. The molecular formula is C16H23N3. The summed E-state index contributed by atoms with van der Waals surface area (Å²) in [5, 5.41) is 12.5. The van der Waals surface area contributed by atoms with Crippen LogP contribution in [0.1, 0.15) is 24.5 Å². The van der Waals surface area contributed by atoms with E-state index in [9.17, 15) is 0 Å². The molecule has 1 fully saturated rings. The van der Waals surface area contributed by atoms with Gasteiger partial charge in [-0.1, -0.05) is 24.6 Å². The number of rotatable bonds is 2. The van der Waals surface area contributed by atoms with Crippen molar-refractivity contribution in [2.75, 3.05) is 24.5 Å². The first kappa shape index (κ1) is 13.9. The summed E-state index contributed by atoms with van der Waals surface area (Å²) < 4.78 is 0. The fourth-order valence-electron chi connectivity index (χ4n) is 2.87. The van der Waals surface area contributed by atoms with Gasteiger partial charge < -0.3 is 10.2 Å². The Labute approximate surface area is 116 Å². The second-order valence-electron chi connectivity index (χ2n) is 5.72. The summed E-state index contributed by atoms with van der Waals surface area (Å²) in [6.45, 7) is 9.49. The molecule has 1 N–H and O–H groups in total. The molecular weight excluding hydrogens is 234 g/mol. The van der Waals surface area contributed by atoms with Gasteiger partial charge in [-0.3, -0.25) is 0 Å². The lowest BCUT2D eigenvalue weighted by Gasteiger charge is -2.33. The first-order valence-electron chi connectivity index (χ1n) is 7.03. The van der Waals surface area contributed by atoms with Gasteiger partial charge in [0, 0.05) is 18.8 Å². The van der Waals surface area contributed by atoms with Gasteiger partial charge in [0.25, 0.3) is 0 Å². The van der Waals surface area contributed by atoms with Crippen molar-refractivity contribution in [1.82, 2.24) is 5.32 Å². The van der Waals surface area contributed by atoms with Gasteiger partial charge in [0.1, 0.15) is 0 Å². The maximum absolute atomic E-state index is 9.05. The quantitative estimate of drug-likeness (QED) is 0.885. The number of aryl methyl sites for hydroxylation is 2. The molecule has 0 radical (unpaired) electrons. The zero-order valence-corrected chi connectivity index (χ0v) is 12.1. The van der Waals surface area contributed by atoms with Crippen molar-refractivity contribution in [3.05, 3.63) is 29.3 Å². The minimum atomic E-state index is 0.274. The minimum Gasteiger partial charge on any atom is -0.366 e. The molecule has 19 heavy (non-hydrogen) atoms. The minimum absolute atomic E-state index is 0.274. The van der Waals surface area contributed by atoms with Crippen molar-refractivity contribution in [3.63, 3.8) is 0 Å². The molecule has 0 saturated carbocycles. The molecule has 0 bridgehead atoms. The maximum atomic E-state index is 9.05. The lowest BCUT2D eigenvalue weighted by molar-refractivity contribution is 0.563. The molecule has 102 valence electrons. The second-order valence-corrected chi connectivity index (χ2v) is 5.72. The van der Waals surface area contributed by atoms with Crippen LogP contribution < -0.4 is 10.2 Å². The highest BCUT2D eigenvalue weighted by Crippen LogP contribution is 2.26. The van der Waals surface area contributed by atoms with Gasteiger partial charge in [-0.05, 0) is 37.9 Å². The number of hydrogen-bond acceptors (Lipinski definition) is 3. The monoisotopic (exact) mass is 257 g/mol. The molecule has 0 spiro atoms. The molecule has 1 aromatic rings. The first-order valence-corrected chi connectivity index (χ1v) is 7.03. The Kier molecular flexibility index (Phi) is 4.44. The number of anilines is 1. The van der Waals surface area contributed by atoms with Crippen LogP contribution in [0.15, 0.2) is 18.2 Å². The fourth-order valence-corrected chi connectivity index (χ4v) is 2.87. The highest BCUT2D eigenvalue weighted by molar-refractivity contribution is 5.55. The van der Waals surface area contributed by atoms with E-state index in [-0.39, 0.29) is 6.04 Å². The predicted molar refractivity (Wildman–Crippen MR) is 79.3 cm³/mol. The smallest absolute Gasteiger partial charge is 0.0643 e. The Balaban J connectivity index is 2.32. The zero-order chi connectivity index (χ0) is 13.8. The number of nitrogens with zero attached hydrogens (tertiary/aromatic N) is 2. The van der Waals surface area contributed by atoms with Gasteiger partial charge >= 0.3 is 0 Å². The van der Waals surface area contributed by atoms with Gasteiger partial charge in [-0.15, -0.1) is 0 Å². The fraction of sp³-hybridized carbons (Fsp3) is 0.562. The lowest BCUT2D eigenvalue weighted by atomic mass is 10.0. The van der Waals surface area contributed by atoms with E-state index in [1.54, 1.807) is 0 Å². The van der Waals surface area contributed by atoms with Crippen molar-refractivity contribution >= 4 is 5.69 Å². The molecule has 2 rings (SSSR count). The molecule has 3 heteroatoms. The number of nitrogens with one attached hydrogen (secondary N) is 1. The highest BCUT2D eigenvalue weighted by atomic mass is 15.2. The van der Waals surface area contributed by atoms with Crippen molar-refractivity contribution < 1.29 is 0 Å². The summed E-state index contributed by atoms with van der Waals surface area (Å²) in [6, 6.07) is 9.19. The number of nitriles is 1. The predicted octanol–water partition coefficient (Wildman–Crippen LogP) is 2.63. The molecule has 1 aliphatic rings. The largest absolute Gasteiger partial charge is 0.366 e. The normalized spacial score (nSPS) is 23.8. The molecule has 1 saturated heterocycles. The van der Waals surface area contributed by atoms with Crippen LogP contribution in [0.5, 0.6) is 0 Å². The van der Waals surface area contributed by atoms with Crippen LogP contribution in [-0.4, -0.2) is 25.7 Å². The highest BCUT2D eigenvalue weighted by Gasteiger charge is 2.24. The van der Waals surface area contributed by atoms with E-state index in [0.717, 1.165) is 19.6 Å². The van der Waals surface area contributed by atoms with Crippen LogP contribution in [0.4, 0.5) is 5.69 Å². The Hall–Kier alpha value is -1.53. The molecule has 2 unspecified atom stereocenters. The summed E-state index contributed by atoms with van der Waals surface area (Å²) >= 11 is 0. The molecule has 1 aliphatic heterocycles. The summed E-state index contributed by atoms with van der Waals surface area (Å²) in [5.74, 6) is 0.601. The molecule has 1 aromatic carbocycles. The maximum Gasteiger partial charge on any atom is 0.0643 e. The summed E-state index contributed by atoms with van der Waals surface area (Å²) in [5.41, 5.74) is 3.87. The Morgan fingerprint density at radius 2 is 2.16 bits per heavy atom. The molecule has 3 nitrogen and oxygen atoms in total. The van der Waals surface area contributed by atoms with Crippen LogP contribution in [-0.2, 0) is 0 Å². The lowest BCUT2D eigenvalue weighted by Crippen LogP contribution is -2.40. The van der Waals surface area contributed by atoms with Gasteiger partial charge in [-0.25, -0.2) is 0 Å². The number of hydrogen-bond donors (Lipinski definition) is 1. The average Bonchev–Trinajstić information content (AvgIpc) is 2.52. The molecule has 0 aliphatic carbocycles. The Bertz CT molecular complexity index is 475. The van der Waals surface area contributed by atoms with Crippen molar-refractivity contribution in [1.29, 1.82) is 5.26 Å². The molecule has 0 amide bonds. The van der Waals surface area contributed by atoms with Gasteiger partial charge in [0.15, 0.2) is 0 Å². The third-order valence-electron chi connectivity index (χ3n) is 3.81. The van der Waals surface area contributed by atoms with Crippen molar-refractivity contribution in [3.8, 4) is 6.07 Å². The van der Waals surface area contributed by atoms with Crippen molar-refractivity contribution in [2.24, 2.45) is 5.92 Å². The van der Waals surface area contributed by atoms with Gasteiger partial charge in [-0.2, -0.15) is 5.26 Å². The van der Waals surface area contributed by atoms with E-state index < -0.39 is 0 Å². The van der Waals surface area contributed by atoms with E-state index in [1.807, 2.05) is 0 Å². The second kappa shape index (κ2) is 6.08. The molecule has 0 aromatic heterocycles.